The monoisotopic (exact) mass is 617 g/mol. The lowest BCUT2D eigenvalue weighted by atomic mass is 10.00. The van der Waals surface area contributed by atoms with E-state index in [0.717, 1.165) is 24.0 Å². The summed E-state index contributed by atoms with van der Waals surface area (Å²) in [6.07, 6.45) is 1.80. The third-order valence-corrected chi connectivity index (χ3v) is 8.40. The number of furan rings is 1. The van der Waals surface area contributed by atoms with Crippen LogP contribution < -0.4 is 14.4 Å². The zero-order valence-electron chi connectivity index (χ0n) is 23.1. The maximum absolute atomic E-state index is 13.6. The minimum atomic E-state index is -2.64. The molecule has 220 valence electrons. The summed E-state index contributed by atoms with van der Waals surface area (Å²) in [4.78, 5) is 13.0. The average molecular weight is 618 g/mol. The number of fused-ring (bicyclic) bond motifs is 1. The zero-order valence-corrected chi connectivity index (χ0v) is 24.7. The van der Waals surface area contributed by atoms with Gasteiger partial charge < -0.3 is 19.0 Å². The average Bonchev–Trinajstić information content (AvgIpc) is 3.79. The maximum Gasteiger partial charge on any atom is 0.255 e. The topological polar surface area (TPSA) is 94.8 Å². The minimum Gasteiger partial charge on any atom is -0.755 e. The van der Waals surface area contributed by atoms with Gasteiger partial charge in [-0.2, -0.15) is 0 Å². The van der Waals surface area contributed by atoms with Crippen LogP contribution in [-0.2, 0) is 24.4 Å². The SMILES string of the molecule is CNC(=O)c1c(-c2ccc(F)cc2)oc2cc(N(Cc3ccc(OCc4ccccc4)c(Cl)c3)S(=O)[O-])c(C3CC3)cc12. The van der Waals surface area contributed by atoms with Gasteiger partial charge in [0.05, 0.1) is 22.8 Å². The van der Waals surface area contributed by atoms with Gasteiger partial charge in [-0.1, -0.05) is 48.0 Å². The Morgan fingerprint density at radius 3 is 2.47 bits per heavy atom. The van der Waals surface area contributed by atoms with Gasteiger partial charge in [0, 0.05) is 35.3 Å². The fourth-order valence-corrected chi connectivity index (χ4v) is 5.95. The van der Waals surface area contributed by atoms with E-state index in [1.165, 1.54) is 35.6 Å². The predicted molar refractivity (Wildman–Crippen MR) is 164 cm³/mol. The summed E-state index contributed by atoms with van der Waals surface area (Å²) in [5.74, 6) is 0.144. The molecule has 6 rings (SSSR count). The molecule has 0 radical (unpaired) electrons. The number of nitrogens with zero attached hydrogens (tertiary/aromatic N) is 1. The van der Waals surface area contributed by atoms with Crippen molar-refractivity contribution in [2.75, 3.05) is 11.4 Å². The molecule has 1 saturated carbocycles. The molecule has 1 heterocycles. The Balaban J connectivity index is 1.36. The van der Waals surface area contributed by atoms with E-state index in [9.17, 15) is 17.9 Å². The van der Waals surface area contributed by atoms with E-state index < -0.39 is 17.1 Å². The Morgan fingerprint density at radius 2 is 1.81 bits per heavy atom. The normalized spacial score (nSPS) is 13.6. The molecule has 10 heteroatoms. The second-order valence-corrected chi connectivity index (χ2v) is 11.6. The van der Waals surface area contributed by atoms with Crippen LogP contribution in [0.25, 0.3) is 22.3 Å². The molecule has 1 atom stereocenters. The predicted octanol–water partition coefficient (Wildman–Crippen LogP) is 7.51. The van der Waals surface area contributed by atoms with Gasteiger partial charge in [-0.05, 0) is 77.9 Å². The van der Waals surface area contributed by atoms with Crippen molar-refractivity contribution >= 4 is 45.4 Å². The van der Waals surface area contributed by atoms with Gasteiger partial charge in [-0.15, -0.1) is 0 Å². The van der Waals surface area contributed by atoms with Gasteiger partial charge in [0.2, 0.25) is 0 Å². The Morgan fingerprint density at radius 1 is 1.07 bits per heavy atom. The number of ether oxygens (including phenoxy) is 1. The van der Waals surface area contributed by atoms with E-state index in [-0.39, 0.29) is 24.1 Å². The number of halogens is 2. The lowest BCUT2D eigenvalue weighted by molar-refractivity contribution is 0.0964. The number of carbonyl (C=O) groups excluding carboxylic acids is 1. The Kier molecular flexibility index (Phi) is 8.21. The van der Waals surface area contributed by atoms with Crippen LogP contribution in [-0.4, -0.2) is 21.7 Å². The van der Waals surface area contributed by atoms with Crippen LogP contribution in [0.1, 0.15) is 45.8 Å². The quantitative estimate of drug-likeness (QED) is 0.164. The van der Waals surface area contributed by atoms with Crippen molar-refractivity contribution in [2.24, 2.45) is 0 Å². The summed E-state index contributed by atoms with van der Waals surface area (Å²) >= 11 is 3.89. The Bertz CT molecular complexity index is 1820. The highest BCUT2D eigenvalue weighted by Crippen LogP contribution is 2.48. The van der Waals surface area contributed by atoms with Gasteiger partial charge in [-0.25, -0.2) is 4.39 Å². The summed E-state index contributed by atoms with van der Waals surface area (Å²) in [6.45, 7) is 0.371. The summed E-state index contributed by atoms with van der Waals surface area (Å²) in [6, 6.07) is 24.1. The van der Waals surface area contributed by atoms with Gasteiger partial charge in [0.15, 0.2) is 0 Å². The molecular formula is C33H27ClFN2O5S-. The second-order valence-electron chi connectivity index (χ2n) is 10.4. The fraction of sp³-hybridized carbons (Fsp3) is 0.182. The van der Waals surface area contributed by atoms with Crippen LogP contribution in [0.2, 0.25) is 5.02 Å². The molecule has 0 saturated heterocycles. The van der Waals surface area contributed by atoms with Crippen LogP contribution in [0.3, 0.4) is 0 Å². The molecule has 0 aliphatic heterocycles. The first-order chi connectivity index (χ1) is 20.8. The van der Waals surface area contributed by atoms with Crippen molar-refractivity contribution in [3.63, 3.8) is 0 Å². The molecular weight excluding hydrogens is 591 g/mol. The highest BCUT2D eigenvalue weighted by molar-refractivity contribution is 7.80. The molecule has 1 N–H and O–H groups in total. The maximum atomic E-state index is 13.6. The van der Waals surface area contributed by atoms with E-state index >= 15 is 0 Å². The first kappa shape index (κ1) is 28.9. The number of hydrogen-bond acceptors (Lipinski definition) is 5. The third-order valence-electron chi connectivity index (χ3n) is 7.42. The van der Waals surface area contributed by atoms with E-state index in [4.69, 9.17) is 20.8 Å². The number of hydrogen-bond donors (Lipinski definition) is 1. The Hall–Kier alpha value is -4.18. The number of benzene rings is 4. The van der Waals surface area contributed by atoms with Crippen molar-refractivity contribution in [1.29, 1.82) is 0 Å². The number of rotatable bonds is 10. The summed E-state index contributed by atoms with van der Waals surface area (Å²) in [7, 11) is 1.53. The largest absolute Gasteiger partial charge is 0.755 e. The third kappa shape index (κ3) is 6.15. The number of carbonyl (C=O) groups is 1. The molecule has 5 aromatic rings. The van der Waals surface area contributed by atoms with Gasteiger partial charge in [-0.3, -0.25) is 13.3 Å². The summed E-state index contributed by atoms with van der Waals surface area (Å²) in [5, 5.41) is 3.58. The summed E-state index contributed by atoms with van der Waals surface area (Å²) < 4.78 is 52.3. The molecule has 0 spiro atoms. The number of amides is 1. The van der Waals surface area contributed by atoms with Gasteiger partial charge >= 0.3 is 0 Å². The molecule has 1 amide bonds. The molecule has 1 aromatic heterocycles. The first-order valence-corrected chi connectivity index (χ1v) is 15.1. The highest BCUT2D eigenvalue weighted by atomic mass is 35.5. The molecule has 43 heavy (non-hydrogen) atoms. The lowest BCUT2D eigenvalue weighted by Crippen LogP contribution is -2.26. The lowest BCUT2D eigenvalue weighted by Gasteiger charge is -2.29. The van der Waals surface area contributed by atoms with Crippen molar-refractivity contribution in [3.8, 4) is 17.1 Å². The number of anilines is 1. The molecule has 1 aliphatic rings. The second kappa shape index (κ2) is 12.2. The van der Waals surface area contributed by atoms with Crippen LogP contribution in [0.5, 0.6) is 5.75 Å². The van der Waals surface area contributed by atoms with E-state index in [1.807, 2.05) is 36.4 Å². The minimum absolute atomic E-state index is 0.0217. The van der Waals surface area contributed by atoms with E-state index in [2.05, 4.69) is 5.32 Å². The Labute approximate surface area is 255 Å². The fourth-order valence-electron chi connectivity index (χ4n) is 5.12. The molecule has 7 nitrogen and oxygen atoms in total. The standard InChI is InChI=1S/C33H28ClFN2O5S/c1-36-33(38)31-26-16-25(22-8-9-22)28(17-30(26)42-32(31)23-10-12-24(35)13-11-23)37(43(39)40)18-21-7-14-29(27(34)15-21)41-19-20-5-3-2-4-6-20/h2-7,10-17,22H,8-9,18-19H2,1H3,(H,36,38)(H,39,40)/p-1. The van der Waals surface area contributed by atoms with Crippen molar-refractivity contribution in [1.82, 2.24) is 5.32 Å². The van der Waals surface area contributed by atoms with Gasteiger partial charge in [0.25, 0.3) is 5.91 Å². The van der Waals surface area contributed by atoms with Crippen molar-refractivity contribution < 1.29 is 27.1 Å². The van der Waals surface area contributed by atoms with Crippen LogP contribution in [0, 0.1) is 5.82 Å². The first-order valence-electron chi connectivity index (χ1n) is 13.7. The number of nitrogens with one attached hydrogen (secondary N) is 1. The van der Waals surface area contributed by atoms with E-state index in [0.29, 0.717) is 50.7 Å². The smallest absolute Gasteiger partial charge is 0.255 e. The van der Waals surface area contributed by atoms with Crippen molar-refractivity contribution in [2.45, 2.75) is 31.9 Å². The zero-order chi connectivity index (χ0) is 30.1. The van der Waals surface area contributed by atoms with Crippen LogP contribution in [0.4, 0.5) is 10.1 Å². The molecule has 0 bridgehead atoms. The molecule has 1 fully saturated rings. The van der Waals surface area contributed by atoms with Gasteiger partial charge in [0.1, 0.15) is 29.5 Å². The summed E-state index contributed by atoms with van der Waals surface area (Å²) in [5.41, 5.74) is 4.12. The molecule has 1 unspecified atom stereocenters. The van der Waals surface area contributed by atoms with Crippen LogP contribution in [0.15, 0.2) is 89.3 Å². The van der Waals surface area contributed by atoms with Crippen molar-refractivity contribution in [3.05, 3.63) is 118 Å². The molecule has 4 aromatic carbocycles. The van der Waals surface area contributed by atoms with E-state index in [1.54, 1.807) is 24.3 Å². The highest BCUT2D eigenvalue weighted by Gasteiger charge is 2.31. The van der Waals surface area contributed by atoms with Crippen LogP contribution >= 0.6 is 11.6 Å². The molecule has 1 aliphatic carbocycles.